The number of nitrogens with two attached hydrogens (primary N) is 1. The molecule has 0 aliphatic carbocycles. The van der Waals surface area contributed by atoms with E-state index < -0.39 is 0 Å². The van der Waals surface area contributed by atoms with E-state index in [1.807, 2.05) is 54.7 Å². The molecule has 0 saturated carbocycles. The largest absolute Gasteiger partial charge is 0.354 e. The molecule has 27 heavy (non-hydrogen) atoms. The number of benzene rings is 1. The van der Waals surface area contributed by atoms with E-state index in [0.29, 0.717) is 13.1 Å². The summed E-state index contributed by atoms with van der Waals surface area (Å²) in [5, 5.41) is 2.94. The summed E-state index contributed by atoms with van der Waals surface area (Å²) < 4.78 is 0. The maximum atomic E-state index is 12.2. The molecule has 3 N–H and O–H groups in total. The van der Waals surface area contributed by atoms with Crippen molar-refractivity contribution in [3.05, 3.63) is 60.3 Å². The van der Waals surface area contributed by atoms with Crippen LogP contribution in [0.3, 0.4) is 0 Å². The first kappa shape index (κ1) is 23.2. The molecule has 1 aromatic carbocycles. The van der Waals surface area contributed by atoms with Crippen molar-refractivity contribution in [2.45, 2.75) is 6.04 Å². The highest BCUT2D eigenvalue weighted by Crippen LogP contribution is 2.12. The average Bonchev–Trinajstić information content (AvgIpc) is 2.68. The molecule has 1 atom stereocenters. The van der Waals surface area contributed by atoms with Crippen molar-refractivity contribution >= 4 is 36.5 Å². The molecule has 6 nitrogen and oxygen atoms in total. The van der Waals surface area contributed by atoms with Gasteiger partial charge < -0.3 is 16.0 Å². The van der Waals surface area contributed by atoms with Gasteiger partial charge in [-0.05, 0) is 17.7 Å². The third-order valence-electron chi connectivity index (χ3n) is 4.46. The third kappa shape index (κ3) is 6.99. The Balaban J connectivity index is 0.00000182. The van der Waals surface area contributed by atoms with Gasteiger partial charge in [0.05, 0.1) is 6.54 Å². The Kier molecular flexibility index (Phi) is 10.1. The molecule has 0 spiro atoms. The number of aromatic nitrogens is 1. The summed E-state index contributed by atoms with van der Waals surface area (Å²) in [6.45, 7) is 4.35. The van der Waals surface area contributed by atoms with Gasteiger partial charge in [-0.15, -0.1) is 24.8 Å². The lowest BCUT2D eigenvalue weighted by Crippen LogP contribution is -2.50. The van der Waals surface area contributed by atoms with E-state index in [0.717, 1.165) is 37.6 Å². The van der Waals surface area contributed by atoms with Crippen molar-refractivity contribution in [2.75, 3.05) is 44.2 Å². The number of hydrogen-bond acceptors (Lipinski definition) is 5. The maximum absolute atomic E-state index is 12.2. The first-order chi connectivity index (χ1) is 12.2. The van der Waals surface area contributed by atoms with E-state index in [1.54, 1.807) is 0 Å². The Hall–Kier alpha value is -1.86. The highest BCUT2D eigenvalue weighted by atomic mass is 35.5. The predicted molar refractivity (Wildman–Crippen MR) is 114 cm³/mol. The van der Waals surface area contributed by atoms with E-state index in [2.05, 4.69) is 20.1 Å². The van der Waals surface area contributed by atoms with Crippen LogP contribution in [0, 0.1) is 0 Å². The Morgan fingerprint density at radius 1 is 1.04 bits per heavy atom. The van der Waals surface area contributed by atoms with Gasteiger partial charge in [-0.25, -0.2) is 4.98 Å². The van der Waals surface area contributed by atoms with Crippen LogP contribution in [-0.4, -0.2) is 55.1 Å². The quantitative estimate of drug-likeness (QED) is 0.758. The number of carbonyl (C=O) groups excluding carboxylic acids is 1. The van der Waals surface area contributed by atoms with E-state index >= 15 is 0 Å². The lowest BCUT2D eigenvalue weighted by atomic mass is 10.1. The monoisotopic (exact) mass is 411 g/mol. The number of nitrogens with zero attached hydrogens (tertiary/aromatic N) is 3. The zero-order valence-electron chi connectivity index (χ0n) is 15.2. The molecule has 1 unspecified atom stereocenters. The van der Waals surface area contributed by atoms with E-state index in [4.69, 9.17) is 5.73 Å². The van der Waals surface area contributed by atoms with Gasteiger partial charge in [0.25, 0.3) is 0 Å². The fourth-order valence-electron chi connectivity index (χ4n) is 2.98. The van der Waals surface area contributed by atoms with Crippen LogP contribution >= 0.6 is 24.8 Å². The van der Waals surface area contributed by atoms with Crippen LogP contribution in [0.4, 0.5) is 5.82 Å². The second-order valence-corrected chi connectivity index (χ2v) is 6.27. The number of halogens is 2. The first-order valence-electron chi connectivity index (χ1n) is 8.68. The molecule has 8 heteroatoms. The van der Waals surface area contributed by atoms with Crippen LogP contribution in [0.15, 0.2) is 54.7 Å². The van der Waals surface area contributed by atoms with Gasteiger partial charge in [-0.2, -0.15) is 0 Å². The number of nitrogens with one attached hydrogen (secondary N) is 1. The molecule has 3 rings (SSSR count). The van der Waals surface area contributed by atoms with Gasteiger partial charge in [-0.1, -0.05) is 36.4 Å². The van der Waals surface area contributed by atoms with Gasteiger partial charge in [-0.3, -0.25) is 9.69 Å². The summed E-state index contributed by atoms with van der Waals surface area (Å²) in [7, 11) is 0. The standard InChI is InChI=1S/C19H25N5O.2ClH/c20-17(16-6-2-1-3-7-16)14-22-19(25)15-23-10-12-24(13-11-23)18-8-4-5-9-21-18;;/h1-9,17H,10-15,20H2,(H,22,25);2*1H. The summed E-state index contributed by atoms with van der Waals surface area (Å²) in [6.07, 6.45) is 1.81. The Bertz CT molecular complexity index is 666. The average molecular weight is 412 g/mol. The van der Waals surface area contributed by atoms with Crippen molar-refractivity contribution < 1.29 is 4.79 Å². The molecule has 1 aliphatic heterocycles. The van der Waals surface area contributed by atoms with E-state index in [-0.39, 0.29) is 36.8 Å². The van der Waals surface area contributed by atoms with Crippen LogP contribution in [0.1, 0.15) is 11.6 Å². The van der Waals surface area contributed by atoms with Crippen LogP contribution in [0.5, 0.6) is 0 Å². The normalized spacial score (nSPS) is 15.2. The number of piperazine rings is 1. The number of rotatable bonds is 6. The molecular weight excluding hydrogens is 385 g/mol. The molecule has 1 saturated heterocycles. The Labute approximate surface area is 172 Å². The van der Waals surface area contributed by atoms with Crippen LogP contribution in [0.2, 0.25) is 0 Å². The van der Waals surface area contributed by atoms with Crippen molar-refractivity contribution in [1.82, 2.24) is 15.2 Å². The zero-order chi connectivity index (χ0) is 17.5. The molecule has 1 aromatic heterocycles. The number of carbonyl (C=O) groups is 1. The maximum Gasteiger partial charge on any atom is 0.234 e. The summed E-state index contributed by atoms with van der Waals surface area (Å²) in [6, 6.07) is 15.6. The Morgan fingerprint density at radius 3 is 2.33 bits per heavy atom. The number of pyridine rings is 1. The number of amides is 1. The van der Waals surface area contributed by atoms with Gasteiger partial charge in [0.1, 0.15) is 5.82 Å². The zero-order valence-corrected chi connectivity index (χ0v) is 16.8. The molecule has 0 bridgehead atoms. The molecular formula is C19H27Cl2N5O. The van der Waals surface area contributed by atoms with Gasteiger partial charge in [0.15, 0.2) is 0 Å². The van der Waals surface area contributed by atoms with E-state index in [9.17, 15) is 4.79 Å². The lowest BCUT2D eigenvalue weighted by molar-refractivity contribution is -0.122. The molecule has 0 radical (unpaired) electrons. The van der Waals surface area contributed by atoms with Gasteiger partial charge in [0.2, 0.25) is 5.91 Å². The SMILES string of the molecule is Cl.Cl.NC(CNC(=O)CN1CCN(c2ccccn2)CC1)c1ccccc1. The second kappa shape index (κ2) is 11.8. The first-order valence-corrected chi connectivity index (χ1v) is 8.68. The highest BCUT2D eigenvalue weighted by Gasteiger charge is 2.19. The van der Waals surface area contributed by atoms with Crippen molar-refractivity contribution in [3.63, 3.8) is 0 Å². The fraction of sp³-hybridized carbons (Fsp3) is 0.368. The molecule has 2 heterocycles. The second-order valence-electron chi connectivity index (χ2n) is 6.27. The highest BCUT2D eigenvalue weighted by molar-refractivity contribution is 5.85. The van der Waals surface area contributed by atoms with Gasteiger partial charge >= 0.3 is 0 Å². The summed E-state index contributed by atoms with van der Waals surface area (Å²) >= 11 is 0. The predicted octanol–water partition coefficient (Wildman–Crippen LogP) is 1.86. The van der Waals surface area contributed by atoms with Crippen molar-refractivity contribution in [1.29, 1.82) is 0 Å². The smallest absolute Gasteiger partial charge is 0.234 e. The third-order valence-corrected chi connectivity index (χ3v) is 4.46. The van der Waals surface area contributed by atoms with Crippen LogP contribution in [-0.2, 0) is 4.79 Å². The van der Waals surface area contributed by atoms with Crippen LogP contribution in [0.25, 0.3) is 0 Å². The summed E-state index contributed by atoms with van der Waals surface area (Å²) in [5.74, 6) is 1.03. The fourth-order valence-corrected chi connectivity index (χ4v) is 2.98. The van der Waals surface area contributed by atoms with Crippen molar-refractivity contribution in [3.8, 4) is 0 Å². The minimum Gasteiger partial charge on any atom is -0.354 e. The van der Waals surface area contributed by atoms with E-state index in [1.165, 1.54) is 0 Å². The summed E-state index contributed by atoms with van der Waals surface area (Å²) in [4.78, 5) is 21.0. The molecule has 1 aliphatic rings. The lowest BCUT2D eigenvalue weighted by Gasteiger charge is -2.35. The molecule has 2 aromatic rings. The Morgan fingerprint density at radius 2 is 1.70 bits per heavy atom. The number of hydrogen-bond donors (Lipinski definition) is 2. The minimum absolute atomic E-state index is 0. The topological polar surface area (TPSA) is 74.5 Å². The number of anilines is 1. The van der Waals surface area contributed by atoms with Gasteiger partial charge in [0, 0.05) is 45.0 Å². The van der Waals surface area contributed by atoms with Crippen molar-refractivity contribution in [2.24, 2.45) is 5.73 Å². The molecule has 148 valence electrons. The minimum atomic E-state index is -0.175. The van der Waals surface area contributed by atoms with Crippen LogP contribution < -0.4 is 16.0 Å². The summed E-state index contributed by atoms with van der Waals surface area (Å²) in [5.41, 5.74) is 7.15. The molecule has 1 fully saturated rings. The molecule has 1 amide bonds.